The van der Waals surface area contributed by atoms with E-state index in [0.717, 1.165) is 21.5 Å². The molecule has 234 valence electrons. The number of hydrogen-bond acceptors (Lipinski definition) is 8. The predicted octanol–water partition coefficient (Wildman–Crippen LogP) is 2.90. The molecule has 1 aromatic heterocycles. The van der Waals surface area contributed by atoms with Crippen molar-refractivity contribution in [1.82, 2.24) is 5.06 Å². The summed E-state index contributed by atoms with van der Waals surface area (Å²) in [5.41, 5.74) is 3.73. The SMILES string of the molecule is CC(C(=O)ON1C(=O)CCC1=O)c1ccc(C[n+]2ccc(/C=C/C=C3\Sc4ccccc4N3C)c3ccccc32)cc1[N+](=O)[O-].[Cl-]. The molecule has 1 fully saturated rings. The number of nitrogens with zero attached hydrogens (tertiary/aromatic N) is 4. The first-order valence-corrected chi connectivity index (χ1v) is 15.2. The zero-order chi connectivity index (χ0) is 31.7. The Morgan fingerprint density at radius 3 is 2.52 bits per heavy atom. The minimum atomic E-state index is -1.08. The number of benzene rings is 3. The van der Waals surface area contributed by atoms with E-state index in [-0.39, 0.29) is 36.5 Å². The topological polar surface area (TPSA) is 114 Å². The Bertz CT molecular complexity index is 1930. The van der Waals surface area contributed by atoms with Gasteiger partial charge in [-0.2, -0.15) is 4.57 Å². The second-order valence-electron chi connectivity index (χ2n) is 10.8. The van der Waals surface area contributed by atoms with Crippen molar-refractivity contribution in [1.29, 1.82) is 0 Å². The third-order valence-corrected chi connectivity index (χ3v) is 9.08. The fourth-order valence-corrected chi connectivity index (χ4v) is 6.52. The highest BCUT2D eigenvalue weighted by atomic mass is 35.5. The second-order valence-corrected chi connectivity index (χ2v) is 11.8. The molecular weight excluding hydrogens is 628 g/mol. The van der Waals surface area contributed by atoms with E-state index in [2.05, 4.69) is 36.2 Å². The fourth-order valence-electron chi connectivity index (χ4n) is 5.45. The van der Waals surface area contributed by atoms with Crippen LogP contribution in [0.4, 0.5) is 11.4 Å². The number of aromatic nitrogens is 1. The van der Waals surface area contributed by atoms with Crippen LogP contribution in [0.25, 0.3) is 17.0 Å². The zero-order valence-corrected chi connectivity index (χ0v) is 26.5. The largest absolute Gasteiger partial charge is 1.00 e. The van der Waals surface area contributed by atoms with Crippen LogP contribution in [0.1, 0.15) is 42.4 Å². The van der Waals surface area contributed by atoms with Crippen molar-refractivity contribution in [3.8, 4) is 0 Å². The monoisotopic (exact) mass is 656 g/mol. The number of allylic oxidation sites excluding steroid dienone is 2. The molecule has 0 N–H and O–H groups in total. The number of nitro benzene ring substituents is 1. The summed E-state index contributed by atoms with van der Waals surface area (Å²) in [6.45, 7) is 1.80. The van der Waals surface area contributed by atoms with Gasteiger partial charge in [-0.25, -0.2) is 4.79 Å². The van der Waals surface area contributed by atoms with Gasteiger partial charge < -0.3 is 22.1 Å². The first-order valence-electron chi connectivity index (χ1n) is 14.4. The van der Waals surface area contributed by atoms with Crippen LogP contribution in [0, 0.1) is 10.1 Å². The summed E-state index contributed by atoms with van der Waals surface area (Å²) in [5, 5.41) is 14.7. The van der Waals surface area contributed by atoms with Crippen LogP contribution in [0.5, 0.6) is 0 Å². The Labute approximate surface area is 275 Å². The van der Waals surface area contributed by atoms with Gasteiger partial charge in [0, 0.05) is 54.1 Å². The van der Waals surface area contributed by atoms with Gasteiger partial charge >= 0.3 is 5.97 Å². The number of halogens is 1. The Balaban J connectivity index is 0.00000417. The number of amides is 2. The lowest BCUT2D eigenvalue weighted by molar-refractivity contribution is -0.662. The quantitative estimate of drug-likeness (QED) is 0.123. The normalized spacial score (nSPS) is 15.8. The molecule has 0 radical (unpaired) electrons. The molecule has 2 amide bonds. The molecule has 4 aromatic rings. The molecule has 2 aliphatic rings. The third kappa shape index (κ3) is 6.37. The lowest BCUT2D eigenvalue weighted by Crippen LogP contribution is -3.00. The van der Waals surface area contributed by atoms with Crippen molar-refractivity contribution >= 4 is 57.9 Å². The number of hydroxylamine groups is 2. The van der Waals surface area contributed by atoms with Gasteiger partial charge in [0.15, 0.2) is 12.7 Å². The number of carbonyl (C=O) groups excluding carboxylic acids is 3. The molecule has 2 aliphatic heterocycles. The lowest BCUT2D eigenvalue weighted by Gasteiger charge is -2.16. The van der Waals surface area contributed by atoms with Crippen LogP contribution in [0.2, 0.25) is 0 Å². The van der Waals surface area contributed by atoms with Crippen LogP contribution in [0.3, 0.4) is 0 Å². The fraction of sp³-hybridized carbons (Fsp3) is 0.176. The first kappa shape index (κ1) is 32.4. The van der Waals surface area contributed by atoms with Gasteiger partial charge in [0.1, 0.15) is 0 Å². The number of anilines is 1. The van der Waals surface area contributed by atoms with E-state index < -0.39 is 28.6 Å². The van der Waals surface area contributed by atoms with Crippen molar-refractivity contribution in [2.75, 3.05) is 11.9 Å². The number of pyridine rings is 1. The molecule has 3 aromatic carbocycles. The molecule has 1 atom stereocenters. The van der Waals surface area contributed by atoms with E-state index in [1.807, 2.05) is 59.3 Å². The molecule has 0 aliphatic carbocycles. The maximum atomic E-state index is 12.7. The number of para-hydroxylation sites is 2. The first-order chi connectivity index (χ1) is 21.7. The molecule has 0 saturated carbocycles. The van der Waals surface area contributed by atoms with E-state index in [9.17, 15) is 24.5 Å². The van der Waals surface area contributed by atoms with Crippen molar-refractivity contribution in [2.24, 2.45) is 0 Å². The lowest BCUT2D eigenvalue weighted by atomic mass is 9.97. The van der Waals surface area contributed by atoms with Crippen molar-refractivity contribution in [3.05, 3.63) is 123 Å². The summed E-state index contributed by atoms with van der Waals surface area (Å²) in [4.78, 5) is 56.3. The van der Waals surface area contributed by atoms with Gasteiger partial charge in [-0.1, -0.05) is 60.3 Å². The second kappa shape index (κ2) is 13.6. The molecular formula is C34H29ClN4O6S. The van der Waals surface area contributed by atoms with Crippen molar-refractivity contribution in [2.45, 2.75) is 37.1 Å². The Kier molecular flexibility index (Phi) is 9.54. The minimum absolute atomic E-state index is 0. The molecule has 0 spiro atoms. The van der Waals surface area contributed by atoms with E-state index in [4.69, 9.17) is 4.84 Å². The number of carbonyl (C=O) groups is 3. The number of nitro groups is 1. The molecule has 1 unspecified atom stereocenters. The minimum Gasteiger partial charge on any atom is -1.00 e. The van der Waals surface area contributed by atoms with Crippen LogP contribution >= 0.6 is 11.8 Å². The molecule has 0 bridgehead atoms. The number of hydrogen-bond donors (Lipinski definition) is 0. The number of imide groups is 1. The highest BCUT2D eigenvalue weighted by Gasteiger charge is 2.35. The van der Waals surface area contributed by atoms with E-state index in [1.165, 1.54) is 29.6 Å². The van der Waals surface area contributed by atoms with Crippen LogP contribution < -0.4 is 21.9 Å². The molecule has 6 rings (SSSR count). The molecule has 10 nitrogen and oxygen atoms in total. The van der Waals surface area contributed by atoms with Gasteiger partial charge in [0.25, 0.3) is 17.5 Å². The number of rotatable bonds is 8. The van der Waals surface area contributed by atoms with Gasteiger partial charge in [-0.05, 0) is 36.8 Å². The average Bonchev–Trinajstić information content (AvgIpc) is 3.54. The third-order valence-electron chi connectivity index (χ3n) is 7.90. The maximum absolute atomic E-state index is 12.7. The highest BCUT2D eigenvalue weighted by molar-refractivity contribution is 8.03. The summed E-state index contributed by atoms with van der Waals surface area (Å²) in [5.74, 6) is -3.22. The standard InChI is InChI=1S/C34H29N4O6S.ClH/c1-22(34(41)44-37-31(39)16-17-32(37)40)25-15-14-23(20-29(25)38(42)43)21-36-19-18-24(26-9-3-4-10-27(26)36)8-7-13-33-35(2)28-11-5-6-12-30(28)45-33;/h3-15,18-20,22H,16-17,21H2,1-2H3;1H/q+1;/p-1. The molecule has 1 saturated heterocycles. The van der Waals surface area contributed by atoms with Gasteiger partial charge in [-0.15, -0.1) is 5.06 Å². The Morgan fingerprint density at radius 2 is 1.78 bits per heavy atom. The summed E-state index contributed by atoms with van der Waals surface area (Å²) in [7, 11) is 2.06. The number of thioether (sulfide) groups is 1. The average molecular weight is 657 g/mol. The predicted molar refractivity (Wildman–Crippen MR) is 170 cm³/mol. The summed E-state index contributed by atoms with van der Waals surface area (Å²) < 4.78 is 2.02. The molecule has 12 heteroatoms. The van der Waals surface area contributed by atoms with Crippen LogP contribution in [0.15, 0.2) is 101 Å². The van der Waals surface area contributed by atoms with E-state index >= 15 is 0 Å². The summed E-state index contributed by atoms with van der Waals surface area (Å²) in [6.07, 6.45) is 8.08. The van der Waals surface area contributed by atoms with Gasteiger partial charge in [-0.3, -0.25) is 19.7 Å². The highest BCUT2D eigenvalue weighted by Crippen LogP contribution is 2.44. The summed E-state index contributed by atoms with van der Waals surface area (Å²) >= 11 is 1.73. The zero-order valence-electron chi connectivity index (χ0n) is 25.0. The van der Waals surface area contributed by atoms with E-state index in [0.29, 0.717) is 17.2 Å². The molecule has 46 heavy (non-hydrogen) atoms. The number of fused-ring (bicyclic) bond motifs is 2. The maximum Gasteiger partial charge on any atom is 0.340 e. The Morgan fingerprint density at radius 1 is 1.07 bits per heavy atom. The van der Waals surface area contributed by atoms with Crippen LogP contribution in [-0.4, -0.2) is 34.8 Å². The van der Waals surface area contributed by atoms with Crippen molar-refractivity contribution < 1.29 is 41.1 Å². The smallest absolute Gasteiger partial charge is 0.340 e. The van der Waals surface area contributed by atoms with Gasteiger partial charge in [0.2, 0.25) is 5.52 Å². The van der Waals surface area contributed by atoms with Crippen LogP contribution in [-0.2, 0) is 25.8 Å². The Hall–Kier alpha value is -5.00. The van der Waals surface area contributed by atoms with Crippen molar-refractivity contribution in [3.63, 3.8) is 0 Å². The van der Waals surface area contributed by atoms with Gasteiger partial charge in [0.05, 0.1) is 26.9 Å². The molecule has 3 heterocycles. The van der Waals surface area contributed by atoms with E-state index in [1.54, 1.807) is 17.8 Å². The summed E-state index contributed by atoms with van der Waals surface area (Å²) in [6, 6.07) is 23.0.